The maximum atomic E-state index is 6.18. The van der Waals surface area contributed by atoms with Gasteiger partial charge in [-0.3, -0.25) is 9.67 Å². The second-order valence-electron chi connectivity index (χ2n) is 6.57. The normalized spacial score (nSPS) is 16.0. The first-order valence-corrected chi connectivity index (χ1v) is 7.81. The van der Waals surface area contributed by atoms with Gasteiger partial charge < -0.3 is 16.2 Å². The average molecular weight is 311 g/mol. The molecule has 3 aromatic rings. The number of nitrogens with zero attached hydrogens (tertiary/aromatic N) is 2. The minimum atomic E-state index is -0.155. The monoisotopic (exact) mass is 311 g/mol. The van der Waals surface area contributed by atoms with Crippen molar-refractivity contribution >= 4 is 16.7 Å². The predicted molar refractivity (Wildman–Crippen MR) is 91.0 cm³/mol. The summed E-state index contributed by atoms with van der Waals surface area (Å²) >= 11 is 0. The van der Waals surface area contributed by atoms with Crippen molar-refractivity contribution in [3.8, 4) is 11.4 Å². The molecule has 0 aliphatic heterocycles. The number of hydrogen-bond donors (Lipinski definition) is 3. The molecule has 4 rings (SSSR count). The molecule has 0 unspecified atom stereocenters. The van der Waals surface area contributed by atoms with Crippen LogP contribution in [0.1, 0.15) is 24.1 Å². The summed E-state index contributed by atoms with van der Waals surface area (Å²) in [6.45, 7) is 4.62. The summed E-state index contributed by atoms with van der Waals surface area (Å²) < 4.78 is 8.07. The predicted octanol–water partition coefficient (Wildman–Crippen LogP) is 2.42. The number of nitrogens with two attached hydrogens (primary N) is 2. The third-order valence-corrected chi connectivity index (χ3v) is 4.66. The zero-order valence-corrected chi connectivity index (χ0v) is 13.4. The lowest BCUT2D eigenvalue weighted by Gasteiger charge is -2.18. The Morgan fingerprint density at radius 2 is 2.13 bits per heavy atom. The van der Waals surface area contributed by atoms with E-state index in [1.165, 1.54) is 0 Å². The Morgan fingerprint density at radius 1 is 1.35 bits per heavy atom. The molecule has 5 N–H and O–H groups in total. The van der Waals surface area contributed by atoms with E-state index in [0.29, 0.717) is 12.4 Å². The van der Waals surface area contributed by atoms with Gasteiger partial charge in [-0.1, -0.05) is 0 Å². The van der Waals surface area contributed by atoms with Crippen LogP contribution in [0, 0.1) is 13.8 Å². The molecule has 0 saturated heterocycles. The van der Waals surface area contributed by atoms with Crippen molar-refractivity contribution < 1.29 is 4.74 Å². The molecule has 6 heteroatoms. The summed E-state index contributed by atoms with van der Waals surface area (Å²) in [5, 5.41) is 8.22. The lowest BCUT2D eigenvalue weighted by atomic mass is 10.1. The van der Waals surface area contributed by atoms with Gasteiger partial charge in [-0.25, -0.2) is 0 Å². The van der Waals surface area contributed by atoms with Gasteiger partial charge in [0, 0.05) is 22.7 Å². The van der Waals surface area contributed by atoms with Crippen molar-refractivity contribution in [2.45, 2.75) is 32.2 Å². The van der Waals surface area contributed by atoms with Gasteiger partial charge in [-0.05, 0) is 38.8 Å². The fourth-order valence-electron chi connectivity index (χ4n) is 2.98. The quantitative estimate of drug-likeness (QED) is 0.689. The van der Waals surface area contributed by atoms with Crippen molar-refractivity contribution in [1.29, 1.82) is 0 Å². The van der Waals surface area contributed by atoms with Crippen LogP contribution < -0.4 is 16.2 Å². The highest BCUT2D eigenvalue weighted by atomic mass is 16.5. The number of H-pyrrole nitrogens is 1. The number of aromatic amines is 1. The molecule has 2 aromatic heterocycles. The van der Waals surface area contributed by atoms with Crippen molar-refractivity contribution in [1.82, 2.24) is 14.8 Å². The molecule has 2 heterocycles. The fraction of sp³-hybridized carbons (Fsp3) is 0.353. The summed E-state index contributed by atoms with van der Waals surface area (Å²) in [5.41, 5.74) is 16.2. The van der Waals surface area contributed by atoms with Crippen LogP contribution in [0.2, 0.25) is 0 Å². The van der Waals surface area contributed by atoms with Gasteiger partial charge in [0.15, 0.2) is 0 Å². The van der Waals surface area contributed by atoms with E-state index >= 15 is 0 Å². The van der Waals surface area contributed by atoms with Crippen molar-refractivity contribution in [2.24, 2.45) is 5.73 Å². The SMILES string of the molecule is Cc1c(OCC2(N)CC2)cc2[nH]ncc2c1-n1c(C)ccc1N. The minimum absolute atomic E-state index is 0.155. The lowest BCUT2D eigenvalue weighted by Crippen LogP contribution is -2.30. The van der Waals surface area contributed by atoms with E-state index in [4.69, 9.17) is 16.2 Å². The van der Waals surface area contributed by atoms with Gasteiger partial charge >= 0.3 is 0 Å². The molecule has 1 fully saturated rings. The highest BCUT2D eigenvalue weighted by Gasteiger charge is 2.39. The largest absolute Gasteiger partial charge is 0.491 e. The van der Waals surface area contributed by atoms with Crippen molar-refractivity contribution in [3.05, 3.63) is 35.7 Å². The van der Waals surface area contributed by atoms with E-state index < -0.39 is 0 Å². The van der Waals surface area contributed by atoms with E-state index in [0.717, 1.165) is 46.4 Å². The first-order valence-electron chi connectivity index (χ1n) is 7.81. The van der Waals surface area contributed by atoms with Gasteiger partial charge in [0.05, 0.1) is 22.9 Å². The van der Waals surface area contributed by atoms with Gasteiger partial charge in [-0.15, -0.1) is 0 Å². The smallest absolute Gasteiger partial charge is 0.126 e. The number of aryl methyl sites for hydroxylation is 1. The Kier molecular flexibility index (Phi) is 2.93. The molecule has 0 atom stereocenters. The molecule has 1 aromatic carbocycles. The molecule has 120 valence electrons. The molecule has 0 bridgehead atoms. The van der Waals surface area contributed by atoms with Gasteiger partial charge in [-0.2, -0.15) is 5.10 Å². The van der Waals surface area contributed by atoms with Gasteiger partial charge in [0.1, 0.15) is 18.2 Å². The number of ether oxygens (including phenoxy) is 1. The minimum Gasteiger partial charge on any atom is -0.491 e. The number of anilines is 1. The highest BCUT2D eigenvalue weighted by Crippen LogP contribution is 2.37. The standard InChI is InChI=1S/C17H21N5O/c1-10-3-4-15(18)22(10)16-11(2)14(23-9-17(19)5-6-17)7-13-12(16)8-20-21-13/h3-4,7-8H,5-6,9,18-19H2,1-2H3,(H,20,21). The van der Waals surface area contributed by atoms with Crippen LogP contribution >= 0.6 is 0 Å². The summed E-state index contributed by atoms with van der Waals surface area (Å²) in [4.78, 5) is 0. The van der Waals surface area contributed by atoms with E-state index in [9.17, 15) is 0 Å². The molecule has 23 heavy (non-hydrogen) atoms. The molecule has 0 amide bonds. The number of benzene rings is 1. The molecule has 0 radical (unpaired) electrons. The molecule has 1 saturated carbocycles. The summed E-state index contributed by atoms with van der Waals surface area (Å²) in [7, 11) is 0. The summed E-state index contributed by atoms with van der Waals surface area (Å²) in [6.07, 6.45) is 3.87. The Balaban J connectivity index is 1.88. The Hall–Kier alpha value is -2.47. The second-order valence-corrected chi connectivity index (χ2v) is 6.57. The molecular weight excluding hydrogens is 290 g/mol. The van der Waals surface area contributed by atoms with E-state index in [1.54, 1.807) is 0 Å². The number of fused-ring (bicyclic) bond motifs is 1. The zero-order valence-electron chi connectivity index (χ0n) is 13.4. The first-order chi connectivity index (χ1) is 11.0. The van der Waals surface area contributed by atoms with E-state index in [-0.39, 0.29) is 5.54 Å². The average Bonchev–Trinajstić information content (AvgIpc) is 2.92. The maximum Gasteiger partial charge on any atom is 0.126 e. The molecule has 0 spiro atoms. The molecular formula is C17H21N5O. The lowest BCUT2D eigenvalue weighted by molar-refractivity contribution is 0.278. The van der Waals surface area contributed by atoms with Crippen LogP contribution in [0.5, 0.6) is 5.75 Å². The highest BCUT2D eigenvalue weighted by molar-refractivity contribution is 5.91. The first kappa shape index (κ1) is 14.1. The summed E-state index contributed by atoms with van der Waals surface area (Å²) in [5.74, 6) is 1.52. The van der Waals surface area contributed by atoms with Crippen LogP contribution in [0.4, 0.5) is 5.82 Å². The summed E-state index contributed by atoms with van der Waals surface area (Å²) in [6, 6.07) is 5.91. The van der Waals surface area contributed by atoms with Gasteiger partial charge in [0.2, 0.25) is 0 Å². The molecule has 1 aliphatic carbocycles. The van der Waals surface area contributed by atoms with Crippen LogP contribution in [-0.4, -0.2) is 26.9 Å². The Labute approximate surface area is 134 Å². The second kappa shape index (κ2) is 4.76. The Morgan fingerprint density at radius 3 is 2.78 bits per heavy atom. The topological polar surface area (TPSA) is 94.9 Å². The maximum absolute atomic E-state index is 6.18. The van der Waals surface area contributed by atoms with E-state index in [2.05, 4.69) is 10.2 Å². The van der Waals surface area contributed by atoms with Crippen molar-refractivity contribution in [3.63, 3.8) is 0 Å². The van der Waals surface area contributed by atoms with Crippen LogP contribution in [0.3, 0.4) is 0 Å². The fourth-order valence-corrected chi connectivity index (χ4v) is 2.98. The van der Waals surface area contributed by atoms with Crippen molar-refractivity contribution in [2.75, 3.05) is 12.3 Å². The number of nitrogens with one attached hydrogen (secondary N) is 1. The number of aromatic nitrogens is 3. The number of nitrogen functional groups attached to an aromatic ring is 1. The zero-order chi connectivity index (χ0) is 16.2. The van der Waals surface area contributed by atoms with Gasteiger partial charge in [0.25, 0.3) is 0 Å². The Bertz CT molecular complexity index is 868. The van der Waals surface area contributed by atoms with Crippen LogP contribution in [0.25, 0.3) is 16.6 Å². The number of rotatable bonds is 4. The third kappa shape index (κ3) is 2.26. The molecule has 1 aliphatic rings. The van der Waals surface area contributed by atoms with Crippen LogP contribution in [0.15, 0.2) is 24.4 Å². The van der Waals surface area contributed by atoms with E-state index in [1.807, 2.05) is 42.8 Å². The molecule has 6 nitrogen and oxygen atoms in total. The number of hydrogen-bond acceptors (Lipinski definition) is 4. The third-order valence-electron chi connectivity index (χ3n) is 4.66. The van der Waals surface area contributed by atoms with Crippen LogP contribution in [-0.2, 0) is 0 Å².